The average molecular weight is 478 g/mol. The topological polar surface area (TPSA) is 80.3 Å². The minimum Gasteiger partial charge on any atom is -0.481 e. The van der Waals surface area contributed by atoms with Crippen LogP contribution in [0.1, 0.15) is 66.0 Å². The molecule has 2 heterocycles. The van der Waals surface area contributed by atoms with Crippen LogP contribution in [0.3, 0.4) is 0 Å². The predicted octanol–water partition coefficient (Wildman–Crippen LogP) is 5.27. The van der Waals surface area contributed by atoms with Crippen LogP contribution in [0.5, 0.6) is 5.75 Å². The van der Waals surface area contributed by atoms with Gasteiger partial charge in [-0.05, 0) is 66.5 Å². The van der Waals surface area contributed by atoms with E-state index in [9.17, 15) is 9.59 Å². The monoisotopic (exact) mass is 477 g/mol. The Kier molecular flexibility index (Phi) is 7.03. The molecule has 178 valence electrons. The van der Waals surface area contributed by atoms with Crippen molar-refractivity contribution in [2.24, 2.45) is 0 Å². The molecule has 0 fully saturated rings. The van der Waals surface area contributed by atoms with Crippen LogP contribution in [0.2, 0.25) is 0 Å². The Morgan fingerprint density at radius 3 is 2.59 bits per heavy atom. The fourth-order valence-corrected chi connectivity index (χ4v) is 5.30. The summed E-state index contributed by atoms with van der Waals surface area (Å²) < 4.78 is 5.88. The number of aryl methyl sites for hydroxylation is 1. The Balaban J connectivity index is 1.44. The van der Waals surface area contributed by atoms with E-state index in [-0.39, 0.29) is 17.2 Å². The Morgan fingerprint density at radius 1 is 1.15 bits per heavy atom. The minimum absolute atomic E-state index is 0.0507. The van der Waals surface area contributed by atoms with Crippen molar-refractivity contribution in [3.8, 4) is 5.75 Å². The van der Waals surface area contributed by atoms with Gasteiger partial charge in [-0.15, -0.1) is 11.3 Å². The molecule has 0 spiro atoms. The Bertz CT molecular complexity index is 1160. The molecule has 1 aliphatic rings. The number of amides is 2. The van der Waals surface area contributed by atoms with E-state index in [0.717, 1.165) is 30.4 Å². The van der Waals surface area contributed by atoms with E-state index in [1.54, 1.807) is 19.3 Å². The molecule has 34 heavy (non-hydrogen) atoms. The first-order valence-corrected chi connectivity index (χ1v) is 12.4. The van der Waals surface area contributed by atoms with Gasteiger partial charge >= 0.3 is 0 Å². The summed E-state index contributed by atoms with van der Waals surface area (Å²) in [7, 11) is 0. The van der Waals surface area contributed by atoms with E-state index in [1.165, 1.54) is 21.8 Å². The zero-order valence-electron chi connectivity index (χ0n) is 20.1. The lowest BCUT2D eigenvalue weighted by Crippen LogP contribution is -2.31. The van der Waals surface area contributed by atoms with E-state index in [2.05, 4.69) is 36.4 Å². The van der Waals surface area contributed by atoms with Crippen molar-refractivity contribution in [3.05, 3.63) is 75.9 Å². The average Bonchev–Trinajstić information content (AvgIpc) is 3.39. The van der Waals surface area contributed by atoms with Crippen molar-refractivity contribution >= 4 is 28.2 Å². The molecule has 0 saturated heterocycles. The van der Waals surface area contributed by atoms with E-state index < -0.39 is 6.10 Å². The second-order valence-electron chi connectivity index (χ2n) is 9.63. The molecule has 0 aliphatic heterocycles. The molecule has 0 bridgehead atoms. The van der Waals surface area contributed by atoms with Gasteiger partial charge in [0, 0.05) is 23.8 Å². The van der Waals surface area contributed by atoms with Gasteiger partial charge in [-0.2, -0.15) is 0 Å². The van der Waals surface area contributed by atoms with Gasteiger partial charge < -0.3 is 15.4 Å². The summed E-state index contributed by atoms with van der Waals surface area (Å²) in [5, 5.41) is 6.53. The summed E-state index contributed by atoms with van der Waals surface area (Å²) in [5.41, 5.74) is 3.81. The molecule has 2 N–H and O–H groups in total. The number of thiophene rings is 1. The minimum atomic E-state index is -0.705. The van der Waals surface area contributed by atoms with Gasteiger partial charge in [0.05, 0.1) is 5.56 Å². The van der Waals surface area contributed by atoms with Crippen LogP contribution in [0.25, 0.3) is 0 Å². The number of nitrogens with one attached hydrogen (secondary N) is 2. The number of benzene rings is 1. The van der Waals surface area contributed by atoms with Gasteiger partial charge in [-0.1, -0.05) is 39.0 Å². The van der Waals surface area contributed by atoms with Crippen LogP contribution in [-0.4, -0.2) is 22.9 Å². The third-order valence-corrected chi connectivity index (χ3v) is 7.17. The van der Waals surface area contributed by atoms with Gasteiger partial charge in [0.1, 0.15) is 10.8 Å². The smallest absolute Gasteiger partial charge is 0.265 e. The molecule has 1 aromatic carbocycles. The number of rotatable bonds is 7. The van der Waals surface area contributed by atoms with E-state index in [0.29, 0.717) is 22.9 Å². The van der Waals surface area contributed by atoms with Crippen LogP contribution < -0.4 is 15.4 Å². The summed E-state index contributed by atoms with van der Waals surface area (Å²) in [5.74, 6) is 0.185. The first-order chi connectivity index (χ1) is 16.2. The van der Waals surface area contributed by atoms with Crippen molar-refractivity contribution < 1.29 is 14.3 Å². The van der Waals surface area contributed by atoms with Crippen molar-refractivity contribution in [3.63, 3.8) is 0 Å². The largest absolute Gasteiger partial charge is 0.481 e. The number of hydrogen-bond donors (Lipinski definition) is 2. The number of ether oxygens (including phenoxy) is 1. The fraction of sp³-hybridized carbons (Fsp3) is 0.370. The molecule has 2 aromatic heterocycles. The van der Waals surface area contributed by atoms with Gasteiger partial charge in [0.25, 0.3) is 11.8 Å². The second kappa shape index (κ2) is 9.97. The molecule has 6 nitrogen and oxygen atoms in total. The number of hydrogen-bond acceptors (Lipinski definition) is 5. The highest BCUT2D eigenvalue weighted by atomic mass is 32.1. The van der Waals surface area contributed by atoms with Gasteiger partial charge in [-0.25, -0.2) is 0 Å². The molecule has 0 radical (unpaired) electrons. The van der Waals surface area contributed by atoms with Crippen molar-refractivity contribution in [2.75, 3.05) is 5.32 Å². The third-order valence-electron chi connectivity index (χ3n) is 5.96. The van der Waals surface area contributed by atoms with Crippen LogP contribution in [0.15, 0.2) is 48.8 Å². The SMILES string of the molecule is CC(Oc1ccc(C(C)(C)C)cc1)C(=O)Nc1sc2c(c1C(=O)NCc1cccnc1)CCC2. The zero-order valence-corrected chi connectivity index (χ0v) is 20.9. The maximum atomic E-state index is 13.1. The van der Waals surface area contributed by atoms with Crippen molar-refractivity contribution in [2.45, 2.75) is 65.0 Å². The Morgan fingerprint density at radius 2 is 1.91 bits per heavy atom. The lowest BCUT2D eigenvalue weighted by atomic mass is 9.87. The first kappa shape index (κ1) is 24.0. The summed E-state index contributed by atoms with van der Waals surface area (Å²) in [4.78, 5) is 31.3. The van der Waals surface area contributed by atoms with Gasteiger partial charge in [0.15, 0.2) is 6.10 Å². The van der Waals surface area contributed by atoms with Crippen LogP contribution in [0, 0.1) is 0 Å². The summed E-state index contributed by atoms with van der Waals surface area (Å²) in [6.07, 6.45) is 5.54. The summed E-state index contributed by atoms with van der Waals surface area (Å²) >= 11 is 1.49. The third kappa shape index (κ3) is 5.47. The van der Waals surface area contributed by atoms with Gasteiger partial charge in [0.2, 0.25) is 0 Å². The Labute approximate surface area is 204 Å². The standard InChI is InChI=1S/C27H31N3O3S/c1-17(33-20-12-10-19(11-13-20)27(2,3)4)24(31)30-26-23(21-8-5-9-22(21)34-26)25(32)29-16-18-7-6-14-28-15-18/h6-7,10-15,17H,5,8-9,16H2,1-4H3,(H,29,32)(H,30,31). The number of anilines is 1. The Hall–Kier alpha value is -3.19. The van der Waals surface area contributed by atoms with Crippen molar-refractivity contribution in [1.82, 2.24) is 10.3 Å². The molecule has 2 amide bonds. The maximum absolute atomic E-state index is 13.1. The van der Waals surface area contributed by atoms with Crippen LogP contribution in [-0.2, 0) is 29.6 Å². The number of nitrogens with zero attached hydrogens (tertiary/aromatic N) is 1. The first-order valence-electron chi connectivity index (χ1n) is 11.6. The van der Waals surface area contributed by atoms with Crippen LogP contribution >= 0.6 is 11.3 Å². The summed E-state index contributed by atoms with van der Waals surface area (Å²) in [6.45, 7) is 8.57. The number of carbonyl (C=O) groups is 2. The lowest BCUT2D eigenvalue weighted by Gasteiger charge is -2.20. The fourth-order valence-electron chi connectivity index (χ4n) is 4.01. The molecule has 0 saturated carbocycles. The van der Waals surface area contributed by atoms with Crippen LogP contribution in [0.4, 0.5) is 5.00 Å². The lowest BCUT2D eigenvalue weighted by molar-refractivity contribution is -0.122. The molecule has 3 aromatic rings. The highest BCUT2D eigenvalue weighted by Crippen LogP contribution is 2.39. The van der Waals surface area contributed by atoms with Crippen molar-refractivity contribution in [1.29, 1.82) is 0 Å². The number of pyridine rings is 1. The van der Waals surface area contributed by atoms with Gasteiger partial charge in [-0.3, -0.25) is 14.6 Å². The molecular weight excluding hydrogens is 446 g/mol. The second-order valence-corrected chi connectivity index (χ2v) is 10.7. The highest BCUT2D eigenvalue weighted by Gasteiger charge is 2.28. The normalized spacial score (nSPS) is 13.8. The summed E-state index contributed by atoms with van der Waals surface area (Å²) in [6, 6.07) is 11.6. The molecule has 7 heteroatoms. The molecular formula is C27H31N3O3S. The molecule has 1 atom stereocenters. The number of fused-ring (bicyclic) bond motifs is 1. The molecule has 4 rings (SSSR count). The van der Waals surface area contributed by atoms with E-state index >= 15 is 0 Å². The van der Waals surface area contributed by atoms with E-state index in [1.807, 2.05) is 36.4 Å². The molecule has 1 unspecified atom stereocenters. The maximum Gasteiger partial charge on any atom is 0.265 e. The van der Waals surface area contributed by atoms with E-state index in [4.69, 9.17) is 4.74 Å². The quantitative estimate of drug-likeness (QED) is 0.486. The number of carbonyl (C=O) groups excluding carboxylic acids is 2. The molecule has 1 aliphatic carbocycles. The zero-order chi connectivity index (χ0) is 24.3. The highest BCUT2D eigenvalue weighted by molar-refractivity contribution is 7.17. The number of aromatic nitrogens is 1. The predicted molar refractivity (Wildman–Crippen MR) is 136 cm³/mol.